The van der Waals surface area contributed by atoms with E-state index in [0.29, 0.717) is 30.2 Å². The third-order valence-corrected chi connectivity index (χ3v) is 3.41. The first-order valence-electron chi connectivity index (χ1n) is 5.40. The van der Waals surface area contributed by atoms with Crippen molar-refractivity contribution in [1.29, 1.82) is 0 Å². The van der Waals surface area contributed by atoms with Crippen molar-refractivity contribution in [3.05, 3.63) is 24.0 Å². The number of nitrogens with zero attached hydrogens (tertiary/aromatic N) is 1. The van der Waals surface area contributed by atoms with E-state index in [4.69, 9.17) is 4.74 Å². The molecule has 0 spiro atoms. The van der Waals surface area contributed by atoms with E-state index in [2.05, 4.69) is 12.6 Å². The molecule has 1 heterocycles. The van der Waals surface area contributed by atoms with Gasteiger partial charge in [0, 0.05) is 19.0 Å². The molecule has 1 fully saturated rings. The maximum absolute atomic E-state index is 13.2. The van der Waals surface area contributed by atoms with Gasteiger partial charge in [0.1, 0.15) is 11.6 Å². The number of thiol groups is 1. The van der Waals surface area contributed by atoms with Crippen LogP contribution in [0.5, 0.6) is 5.75 Å². The summed E-state index contributed by atoms with van der Waals surface area (Å²) in [6, 6.07) is 4.18. The third kappa shape index (κ3) is 2.39. The van der Waals surface area contributed by atoms with Crippen LogP contribution in [0.2, 0.25) is 0 Å². The Morgan fingerprint density at radius 1 is 1.59 bits per heavy atom. The Labute approximate surface area is 105 Å². The smallest absolute Gasteiger partial charge is 0.227 e. The second-order valence-corrected chi connectivity index (χ2v) is 4.44. The number of halogens is 1. The fourth-order valence-corrected chi connectivity index (χ4v) is 2.26. The van der Waals surface area contributed by atoms with E-state index in [-0.39, 0.29) is 17.6 Å². The number of carbonyl (C=O) groups excluding carboxylic acids is 1. The van der Waals surface area contributed by atoms with Gasteiger partial charge in [-0.3, -0.25) is 4.79 Å². The lowest BCUT2D eigenvalue weighted by Gasteiger charge is -2.19. The van der Waals surface area contributed by atoms with Crippen molar-refractivity contribution in [2.75, 3.05) is 24.3 Å². The quantitative estimate of drug-likeness (QED) is 0.838. The second-order valence-electron chi connectivity index (χ2n) is 4.07. The van der Waals surface area contributed by atoms with Crippen LogP contribution in [0, 0.1) is 11.7 Å². The van der Waals surface area contributed by atoms with Gasteiger partial charge < -0.3 is 9.64 Å². The van der Waals surface area contributed by atoms with Crippen molar-refractivity contribution >= 4 is 24.2 Å². The van der Waals surface area contributed by atoms with Gasteiger partial charge in [0.2, 0.25) is 5.91 Å². The lowest BCUT2D eigenvalue weighted by atomic mass is 10.1. The minimum atomic E-state index is -0.372. The molecular formula is C12H14FNO2S. The normalized spacial score (nSPS) is 19.8. The molecule has 0 saturated carbocycles. The van der Waals surface area contributed by atoms with E-state index in [9.17, 15) is 9.18 Å². The molecule has 0 radical (unpaired) electrons. The largest absolute Gasteiger partial charge is 0.495 e. The first-order chi connectivity index (χ1) is 8.15. The zero-order valence-electron chi connectivity index (χ0n) is 9.52. The molecule has 1 amide bonds. The lowest BCUT2D eigenvalue weighted by Crippen LogP contribution is -2.25. The van der Waals surface area contributed by atoms with Gasteiger partial charge >= 0.3 is 0 Å². The molecule has 92 valence electrons. The zero-order chi connectivity index (χ0) is 12.4. The molecule has 3 nitrogen and oxygen atoms in total. The number of hydrogen-bond donors (Lipinski definition) is 1. The van der Waals surface area contributed by atoms with Crippen LogP contribution in [-0.2, 0) is 4.79 Å². The van der Waals surface area contributed by atoms with Gasteiger partial charge in [-0.2, -0.15) is 12.6 Å². The van der Waals surface area contributed by atoms with E-state index < -0.39 is 0 Å². The van der Waals surface area contributed by atoms with Crippen molar-refractivity contribution in [1.82, 2.24) is 0 Å². The van der Waals surface area contributed by atoms with Crippen LogP contribution in [0.3, 0.4) is 0 Å². The number of anilines is 1. The Morgan fingerprint density at radius 2 is 2.35 bits per heavy atom. The topological polar surface area (TPSA) is 29.5 Å². The van der Waals surface area contributed by atoms with E-state index in [1.54, 1.807) is 4.90 Å². The number of carbonyl (C=O) groups is 1. The molecule has 2 rings (SSSR count). The average molecular weight is 255 g/mol. The fourth-order valence-electron chi connectivity index (χ4n) is 2.01. The second kappa shape index (κ2) is 4.96. The van der Waals surface area contributed by atoms with Crippen LogP contribution in [0.4, 0.5) is 10.1 Å². The number of methoxy groups -OCH3 is 1. The zero-order valence-corrected chi connectivity index (χ0v) is 10.4. The molecule has 17 heavy (non-hydrogen) atoms. The summed E-state index contributed by atoms with van der Waals surface area (Å²) in [5, 5.41) is 0. The van der Waals surface area contributed by atoms with E-state index in [1.807, 2.05) is 0 Å². The molecule has 1 unspecified atom stereocenters. The molecule has 1 aliphatic rings. The van der Waals surface area contributed by atoms with Gasteiger partial charge in [0.25, 0.3) is 0 Å². The van der Waals surface area contributed by atoms with Gasteiger partial charge in [-0.1, -0.05) is 0 Å². The standard InChI is InChI=1S/C12H14FNO2S/c1-16-11-3-2-9(13)5-10(11)14-6-8(7-17)4-12(14)15/h2-3,5,8,17H,4,6-7H2,1H3. The minimum absolute atomic E-state index is 0.00653. The predicted molar refractivity (Wildman–Crippen MR) is 67.3 cm³/mol. The Bertz CT molecular complexity index is 439. The molecule has 0 N–H and O–H groups in total. The van der Waals surface area contributed by atoms with Gasteiger partial charge in [-0.05, 0) is 23.8 Å². The van der Waals surface area contributed by atoms with E-state index in [0.717, 1.165) is 0 Å². The molecule has 1 atom stereocenters. The summed E-state index contributed by atoms with van der Waals surface area (Å²) < 4.78 is 18.4. The van der Waals surface area contributed by atoms with Crippen molar-refractivity contribution in [3.8, 4) is 5.75 Å². The summed E-state index contributed by atoms with van der Waals surface area (Å²) in [7, 11) is 1.51. The minimum Gasteiger partial charge on any atom is -0.495 e. The number of benzene rings is 1. The van der Waals surface area contributed by atoms with Crippen LogP contribution in [0.1, 0.15) is 6.42 Å². The number of amides is 1. The maximum Gasteiger partial charge on any atom is 0.227 e. The molecule has 0 aliphatic carbocycles. The van der Waals surface area contributed by atoms with Crippen molar-refractivity contribution in [2.45, 2.75) is 6.42 Å². The summed E-state index contributed by atoms with van der Waals surface area (Å²) in [5.74, 6) is 1.01. The number of rotatable bonds is 3. The summed E-state index contributed by atoms with van der Waals surface area (Å²) in [6.07, 6.45) is 0.461. The molecule has 1 aromatic carbocycles. The molecule has 1 aromatic rings. The first-order valence-corrected chi connectivity index (χ1v) is 6.03. The highest BCUT2D eigenvalue weighted by molar-refractivity contribution is 7.80. The van der Waals surface area contributed by atoms with Crippen LogP contribution in [0.25, 0.3) is 0 Å². The average Bonchev–Trinajstić information content (AvgIpc) is 2.70. The van der Waals surface area contributed by atoms with Crippen molar-refractivity contribution in [3.63, 3.8) is 0 Å². The third-order valence-electron chi connectivity index (χ3n) is 2.90. The molecule has 1 aliphatic heterocycles. The molecule has 1 saturated heterocycles. The highest BCUT2D eigenvalue weighted by Crippen LogP contribution is 2.33. The van der Waals surface area contributed by atoms with Crippen LogP contribution < -0.4 is 9.64 Å². The van der Waals surface area contributed by atoms with Gasteiger partial charge in [0.05, 0.1) is 12.8 Å². The predicted octanol–water partition coefficient (Wildman–Crippen LogP) is 2.12. The summed E-state index contributed by atoms with van der Waals surface area (Å²) in [4.78, 5) is 13.4. The highest BCUT2D eigenvalue weighted by Gasteiger charge is 2.31. The molecular weight excluding hydrogens is 241 g/mol. The first kappa shape index (κ1) is 12.2. The number of hydrogen-bond acceptors (Lipinski definition) is 3. The summed E-state index contributed by atoms with van der Waals surface area (Å²) in [5.41, 5.74) is 0.502. The van der Waals surface area contributed by atoms with Crippen molar-refractivity contribution in [2.24, 2.45) is 5.92 Å². The van der Waals surface area contributed by atoms with Crippen LogP contribution >= 0.6 is 12.6 Å². The Kier molecular flexibility index (Phi) is 3.57. The Hall–Kier alpha value is -1.23. The molecule has 5 heteroatoms. The number of ether oxygens (including phenoxy) is 1. The SMILES string of the molecule is COc1ccc(F)cc1N1CC(CS)CC1=O. The summed E-state index contributed by atoms with van der Waals surface area (Å²) in [6.45, 7) is 0.572. The lowest BCUT2D eigenvalue weighted by molar-refractivity contribution is -0.117. The van der Waals surface area contributed by atoms with Crippen LogP contribution in [0.15, 0.2) is 18.2 Å². The van der Waals surface area contributed by atoms with E-state index >= 15 is 0 Å². The fraction of sp³-hybridized carbons (Fsp3) is 0.417. The Morgan fingerprint density at radius 3 is 2.94 bits per heavy atom. The van der Waals surface area contributed by atoms with E-state index in [1.165, 1.54) is 25.3 Å². The van der Waals surface area contributed by atoms with Gasteiger partial charge in [-0.25, -0.2) is 4.39 Å². The maximum atomic E-state index is 13.2. The highest BCUT2D eigenvalue weighted by atomic mass is 32.1. The summed E-state index contributed by atoms with van der Waals surface area (Å²) >= 11 is 4.19. The molecule has 0 aromatic heterocycles. The Balaban J connectivity index is 2.33. The van der Waals surface area contributed by atoms with Gasteiger partial charge in [-0.15, -0.1) is 0 Å². The van der Waals surface area contributed by atoms with Gasteiger partial charge in [0.15, 0.2) is 0 Å². The molecule has 0 bridgehead atoms. The monoisotopic (exact) mass is 255 g/mol. The van der Waals surface area contributed by atoms with Crippen molar-refractivity contribution < 1.29 is 13.9 Å². The van der Waals surface area contributed by atoms with Crippen LogP contribution in [-0.4, -0.2) is 25.3 Å².